The fraction of sp³-hybridized carbons (Fsp3) is 0.421. The molecule has 10 heteroatoms. The molecule has 1 aliphatic heterocycles. The third-order valence-corrected chi connectivity index (χ3v) is 5.16. The number of aryl methyl sites for hydroxylation is 1. The van der Waals surface area contributed by atoms with Crippen LogP contribution < -0.4 is 10.6 Å². The summed E-state index contributed by atoms with van der Waals surface area (Å²) in [6.45, 7) is 2.61. The van der Waals surface area contributed by atoms with Crippen LogP contribution in [0.5, 0.6) is 0 Å². The molecule has 29 heavy (non-hydrogen) atoms. The first-order valence-corrected chi connectivity index (χ1v) is 9.54. The number of nitrogens with zero attached hydrogens (tertiary/aromatic N) is 6. The molecule has 3 aromatic rings. The minimum atomic E-state index is -1.10. The molecule has 0 amide bonds. The van der Waals surface area contributed by atoms with E-state index in [9.17, 15) is 14.3 Å². The van der Waals surface area contributed by atoms with E-state index in [0.717, 1.165) is 30.5 Å². The summed E-state index contributed by atoms with van der Waals surface area (Å²) in [6.07, 6.45) is 7.01. The first-order valence-electron chi connectivity index (χ1n) is 9.54. The molecule has 1 fully saturated rings. The normalized spacial score (nSPS) is 17.8. The van der Waals surface area contributed by atoms with Crippen molar-refractivity contribution in [2.45, 2.75) is 44.7 Å². The summed E-state index contributed by atoms with van der Waals surface area (Å²) in [6, 6.07) is 1.41. The molecule has 0 radical (unpaired) electrons. The topological polar surface area (TPSA) is 123 Å². The number of carboxylic acid groups (broad SMARTS) is 1. The number of carbonyl (C=O) groups is 1. The Morgan fingerprint density at radius 1 is 1.41 bits per heavy atom. The first kappa shape index (κ1) is 19.2. The predicted molar refractivity (Wildman–Crippen MR) is 103 cm³/mol. The van der Waals surface area contributed by atoms with Crippen LogP contribution in [0.4, 0.5) is 10.3 Å². The number of hydrogen-bond acceptors (Lipinski definition) is 7. The monoisotopic (exact) mass is 399 g/mol. The molecule has 152 valence electrons. The van der Waals surface area contributed by atoms with Crippen molar-refractivity contribution < 1.29 is 14.3 Å². The van der Waals surface area contributed by atoms with E-state index in [4.69, 9.17) is 5.73 Å². The van der Waals surface area contributed by atoms with Crippen molar-refractivity contribution in [3.05, 3.63) is 47.4 Å². The van der Waals surface area contributed by atoms with E-state index >= 15 is 0 Å². The van der Waals surface area contributed by atoms with Gasteiger partial charge in [-0.2, -0.15) is 10.1 Å². The summed E-state index contributed by atoms with van der Waals surface area (Å²) < 4.78 is 15.4. The number of aromatic nitrogens is 5. The van der Waals surface area contributed by atoms with Crippen LogP contribution in [0.3, 0.4) is 0 Å². The van der Waals surface area contributed by atoms with Crippen molar-refractivity contribution in [1.82, 2.24) is 24.6 Å². The maximum Gasteiger partial charge on any atom is 0.341 e. The molecule has 4 rings (SSSR count). The van der Waals surface area contributed by atoms with Gasteiger partial charge in [-0.05, 0) is 44.2 Å². The zero-order valence-electron chi connectivity index (χ0n) is 16.0. The minimum Gasteiger partial charge on any atom is -0.477 e. The lowest BCUT2D eigenvalue weighted by Crippen LogP contribution is -2.26. The lowest BCUT2D eigenvalue weighted by Gasteiger charge is -2.26. The maximum atomic E-state index is 14.0. The molecular formula is C19H22FN7O2. The molecule has 0 saturated carbocycles. The number of carboxylic acids is 1. The second-order valence-corrected chi connectivity index (χ2v) is 7.34. The van der Waals surface area contributed by atoms with E-state index in [0.29, 0.717) is 18.9 Å². The van der Waals surface area contributed by atoms with Gasteiger partial charge in [0.15, 0.2) is 5.65 Å². The number of fused-ring (bicyclic) bond motifs is 1. The average Bonchev–Trinajstić information content (AvgIpc) is 3.33. The van der Waals surface area contributed by atoms with Gasteiger partial charge in [0.2, 0.25) is 5.95 Å². The second kappa shape index (κ2) is 7.70. The number of anilines is 1. The molecule has 0 aromatic carbocycles. The van der Waals surface area contributed by atoms with E-state index in [1.807, 2.05) is 11.8 Å². The van der Waals surface area contributed by atoms with Crippen molar-refractivity contribution >= 4 is 17.6 Å². The Bertz CT molecular complexity index is 1050. The summed E-state index contributed by atoms with van der Waals surface area (Å²) in [5.74, 6) is -1.10. The third kappa shape index (κ3) is 3.75. The molecule has 1 aliphatic rings. The summed E-state index contributed by atoms with van der Waals surface area (Å²) in [7, 11) is 0. The highest BCUT2D eigenvalue weighted by molar-refractivity contribution is 5.94. The van der Waals surface area contributed by atoms with Crippen molar-refractivity contribution in [1.29, 1.82) is 0 Å². The highest BCUT2D eigenvalue weighted by Crippen LogP contribution is 2.36. The summed E-state index contributed by atoms with van der Waals surface area (Å²) >= 11 is 0. The number of nitrogens with two attached hydrogens (primary N) is 1. The van der Waals surface area contributed by atoms with Gasteiger partial charge in [-0.1, -0.05) is 0 Å². The van der Waals surface area contributed by atoms with Crippen molar-refractivity contribution in [2.75, 3.05) is 11.4 Å². The van der Waals surface area contributed by atoms with Gasteiger partial charge in [0.25, 0.3) is 0 Å². The quantitative estimate of drug-likeness (QED) is 0.645. The van der Waals surface area contributed by atoms with Gasteiger partial charge in [0, 0.05) is 18.3 Å². The minimum absolute atomic E-state index is 0.00874. The van der Waals surface area contributed by atoms with Crippen LogP contribution in [0.15, 0.2) is 24.8 Å². The smallest absolute Gasteiger partial charge is 0.341 e. The number of pyridine rings is 1. The largest absolute Gasteiger partial charge is 0.477 e. The molecule has 9 nitrogen and oxygen atoms in total. The third-order valence-electron chi connectivity index (χ3n) is 5.16. The van der Waals surface area contributed by atoms with Gasteiger partial charge in [-0.15, -0.1) is 0 Å². The summed E-state index contributed by atoms with van der Waals surface area (Å²) in [5.41, 5.74) is 7.74. The highest BCUT2D eigenvalue weighted by atomic mass is 19.1. The zero-order valence-corrected chi connectivity index (χ0v) is 16.0. The van der Waals surface area contributed by atoms with Crippen LogP contribution in [0.1, 0.15) is 53.8 Å². The van der Waals surface area contributed by atoms with Crippen LogP contribution in [0.2, 0.25) is 0 Å². The molecular weight excluding hydrogens is 377 g/mol. The van der Waals surface area contributed by atoms with E-state index < -0.39 is 11.8 Å². The Balaban J connectivity index is 1.71. The van der Waals surface area contributed by atoms with Crippen molar-refractivity contribution in [2.24, 2.45) is 5.73 Å². The Hall–Kier alpha value is -3.14. The maximum absolute atomic E-state index is 14.0. The first-order chi connectivity index (χ1) is 13.9. The van der Waals surface area contributed by atoms with Gasteiger partial charge < -0.3 is 15.7 Å². The molecule has 3 N–H and O–H groups in total. The molecule has 0 aliphatic carbocycles. The fourth-order valence-corrected chi connectivity index (χ4v) is 3.75. The lowest BCUT2D eigenvalue weighted by atomic mass is 9.99. The molecule has 3 aromatic heterocycles. The van der Waals surface area contributed by atoms with E-state index in [1.54, 1.807) is 0 Å². The zero-order chi connectivity index (χ0) is 20.5. The van der Waals surface area contributed by atoms with E-state index in [1.165, 1.54) is 29.3 Å². The lowest BCUT2D eigenvalue weighted by molar-refractivity contribution is 0.0698. The highest BCUT2D eigenvalue weighted by Gasteiger charge is 2.31. The molecule has 2 unspecified atom stereocenters. The van der Waals surface area contributed by atoms with E-state index in [2.05, 4.69) is 20.1 Å². The predicted octanol–water partition coefficient (Wildman–Crippen LogP) is 1.98. The summed E-state index contributed by atoms with van der Waals surface area (Å²) in [4.78, 5) is 26.5. The molecule has 2 atom stereocenters. The summed E-state index contributed by atoms with van der Waals surface area (Å²) in [5, 5.41) is 13.3. The van der Waals surface area contributed by atoms with Gasteiger partial charge >= 0.3 is 5.97 Å². The standard InChI is InChI=1S/C19H22FN7O2/c1-11(21)4-5-15-13(7-12(20)8-22-15)16-3-2-6-26(16)19-23-10-27-17(25-19)14(9-24-27)18(28)29/h7-11,16H,2-6,21H2,1H3,(H,28,29). The van der Waals surface area contributed by atoms with Crippen LogP contribution >= 0.6 is 0 Å². The van der Waals surface area contributed by atoms with Crippen LogP contribution in [0.25, 0.3) is 5.65 Å². The fourth-order valence-electron chi connectivity index (χ4n) is 3.75. The molecule has 0 bridgehead atoms. The van der Waals surface area contributed by atoms with Gasteiger partial charge in [0.05, 0.1) is 18.4 Å². The van der Waals surface area contributed by atoms with Gasteiger partial charge in [-0.3, -0.25) is 4.98 Å². The van der Waals surface area contributed by atoms with Crippen molar-refractivity contribution in [3.63, 3.8) is 0 Å². The Kier molecular flexibility index (Phi) is 5.10. The molecule has 0 spiro atoms. The Labute approximate surface area is 166 Å². The SMILES string of the molecule is CC(N)CCc1ncc(F)cc1C1CCCN1c1ncn2ncc(C(=O)O)c2n1. The second-order valence-electron chi connectivity index (χ2n) is 7.34. The van der Waals surface area contributed by atoms with Crippen molar-refractivity contribution in [3.8, 4) is 0 Å². The Morgan fingerprint density at radius 3 is 3.00 bits per heavy atom. The number of hydrogen-bond donors (Lipinski definition) is 2. The van der Waals surface area contributed by atoms with Crippen LogP contribution in [-0.4, -0.2) is 48.2 Å². The number of rotatable bonds is 6. The molecule has 4 heterocycles. The van der Waals surface area contributed by atoms with E-state index in [-0.39, 0.29) is 23.3 Å². The number of halogens is 1. The van der Waals surface area contributed by atoms with Crippen LogP contribution in [0, 0.1) is 5.82 Å². The van der Waals surface area contributed by atoms with Gasteiger partial charge in [0.1, 0.15) is 17.7 Å². The van der Waals surface area contributed by atoms with Crippen LogP contribution in [-0.2, 0) is 6.42 Å². The Morgan fingerprint density at radius 2 is 2.24 bits per heavy atom. The molecule has 1 saturated heterocycles. The average molecular weight is 399 g/mol. The number of aromatic carboxylic acids is 1. The van der Waals surface area contributed by atoms with Gasteiger partial charge in [-0.25, -0.2) is 18.7 Å².